The molecule has 0 heterocycles. The Morgan fingerprint density at radius 3 is 2.16 bits per heavy atom. The summed E-state index contributed by atoms with van der Waals surface area (Å²) < 4.78 is 0. The van der Waals surface area contributed by atoms with Crippen molar-refractivity contribution >= 4 is 5.71 Å². The van der Waals surface area contributed by atoms with Gasteiger partial charge in [-0.1, -0.05) is 57.1 Å². The summed E-state index contributed by atoms with van der Waals surface area (Å²) in [5.74, 6) is 0.707. The van der Waals surface area contributed by atoms with E-state index in [2.05, 4.69) is 57.1 Å². The molecule has 0 aliphatic carbocycles. The zero-order chi connectivity index (χ0) is 14.5. The quantitative estimate of drug-likeness (QED) is 0.546. The van der Waals surface area contributed by atoms with Gasteiger partial charge in [-0.2, -0.15) is 0 Å². The largest absolute Gasteiger partial charge is 0.399 e. The minimum atomic E-state index is 0.0234. The fourth-order valence-corrected chi connectivity index (χ4v) is 2.16. The summed E-state index contributed by atoms with van der Waals surface area (Å²) in [5, 5.41) is 4.07. The van der Waals surface area contributed by atoms with Gasteiger partial charge in [-0.05, 0) is 36.8 Å². The van der Waals surface area contributed by atoms with E-state index in [1.165, 1.54) is 11.1 Å². The number of oxime groups is 1. The van der Waals surface area contributed by atoms with Crippen molar-refractivity contribution in [2.75, 3.05) is 7.11 Å². The predicted octanol–water partition coefficient (Wildman–Crippen LogP) is 4.48. The average Bonchev–Trinajstić information content (AvgIpc) is 2.31. The minimum Gasteiger partial charge on any atom is -0.399 e. The molecule has 0 fully saturated rings. The Balaban J connectivity index is 2.74. The van der Waals surface area contributed by atoms with Gasteiger partial charge < -0.3 is 4.84 Å². The number of hydrogen-bond acceptors (Lipinski definition) is 2. The Labute approximate surface area is 117 Å². The van der Waals surface area contributed by atoms with Crippen LogP contribution in [0.2, 0.25) is 0 Å². The van der Waals surface area contributed by atoms with Crippen LogP contribution in [0.5, 0.6) is 0 Å². The summed E-state index contributed by atoms with van der Waals surface area (Å²) in [6, 6.07) is 8.96. The summed E-state index contributed by atoms with van der Waals surface area (Å²) in [7, 11) is 1.60. The van der Waals surface area contributed by atoms with Crippen LogP contribution < -0.4 is 0 Å². The molecule has 19 heavy (non-hydrogen) atoms. The molecular formula is C17H27NO. The first-order valence-corrected chi connectivity index (χ1v) is 7.01. The maximum atomic E-state index is 4.88. The SMILES string of the molecule is CO/N=C(\C)C(C)(C)Cc1ccc(CC(C)C)cc1. The lowest BCUT2D eigenvalue weighted by atomic mass is 9.81. The van der Waals surface area contributed by atoms with E-state index in [4.69, 9.17) is 4.84 Å². The molecule has 0 saturated heterocycles. The molecule has 0 radical (unpaired) electrons. The van der Waals surface area contributed by atoms with Gasteiger partial charge in [-0.3, -0.25) is 0 Å². The van der Waals surface area contributed by atoms with E-state index >= 15 is 0 Å². The van der Waals surface area contributed by atoms with Crippen molar-refractivity contribution in [2.45, 2.75) is 47.5 Å². The third-order valence-electron chi connectivity index (χ3n) is 3.52. The highest BCUT2D eigenvalue weighted by molar-refractivity contribution is 5.87. The molecule has 0 aliphatic rings. The first kappa shape index (κ1) is 15.7. The summed E-state index contributed by atoms with van der Waals surface area (Å²) in [6.45, 7) is 10.9. The van der Waals surface area contributed by atoms with Crippen LogP contribution in [0, 0.1) is 11.3 Å². The first-order valence-electron chi connectivity index (χ1n) is 7.01. The van der Waals surface area contributed by atoms with Crippen molar-refractivity contribution in [3.05, 3.63) is 35.4 Å². The number of rotatable bonds is 6. The Kier molecular flexibility index (Phi) is 5.59. The lowest BCUT2D eigenvalue weighted by Gasteiger charge is -2.24. The molecule has 0 atom stereocenters. The summed E-state index contributed by atoms with van der Waals surface area (Å²) in [6.07, 6.45) is 2.13. The van der Waals surface area contributed by atoms with Crippen LogP contribution in [0.15, 0.2) is 29.4 Å². The summed E-state index contributed by atoms with van der Waals surface area (Å²) >= 11 is 0. The molecule has 0 aromatic heterocycles. The molecule has 1 rings (SSSR count). The number of benzene rings is 1. The van der Waals surface area contributed by atoms with Gasteiger partial charge in [0.2, 0.25) is 0 Å². The van der Waals surface area contributed by atoms with Crippen LogP contribution in [-0.2, 0) is 17.7 Å². The normalized spacial score (nSPS) is 12.9. The molecule has 1 aromatic rings. The van der Waals surface area contributed by atoms with Crippen LogP contribution in [0.1, 0.15) is 45.7 Å². The molecule has 0 unspecified atom stereocenters. The van der Waals surface area contributed by atoms with Gasteiger partial charge >= 0.3 is 0 Å². The van der Waals surface area contributed by atoms with Crippen molar-refractivity contribution in [3.8, 4) is 0 Å². The van der Waals surface area contributed by atoms with Crippen molar-refractivity contribution in [1.29, 1.82) is 0 Å². The van der Waals surface area contributed by atoms with E-state index in [1.54, 1.807) is 7.11 Å². The molecule has 0 saturated carbocycles. The van der Waals surface area contributed by atoms with E-state index in [-0.39, 0.29) is 5.41 Å². The van der Waals surface area contributed by atoms with Crippen LogP contribution in [0.3, 0.4) is 0 Å². The van der Waals surface area contributed by atoms with Gasteiger partial charge in [0, 0.05) is 5.41 Å². The average molecular weight is 261 g/mol. The van der Waals surface area contributed by atoms with E-state index in [0.29, 0.717) is 5.92 Å². The maximum Gasteiger partial charge on any atom is 0.106 e. The summed E-state index contributed by atoms with van der Waals surface area (Å²) in [4.78, 5) is 4.88. The summed E-state index contributed by atoms with van der Waals surface area (Å²) in [5.41, 5.74) is 3.82. The van der Waals surface area contributed by atoms with Gasteiger partial charge in [0.15, 0.2) is 0 Å². The topological polar surface area (TPSA) is 21.6 Å². The fraction of sp³-hybridized carbons (Fsp3) is 0.588. The minimum absolute atomic E-state index is 0.0234. The number of nitrogens with zero attached hydrogens (tertiary/aromatic N) is 1. The van der Waals surface area contributed by atoms with Gasteiger partial charge in [-0.25, -0.2) is 0 Å². The highest BCUT2D eigenvalue weighted by Gasteiger charge is 2.22. The molecule has 0 bridgehead atoms. The second kappa shape index (κ2) is 6.74. The second-order valence-corrected chi connectivity index (χ2v) is 6.33. The molecular weight excluding hydrogens is 234 g/mol. The monoisotopic (exact) mass is 261 g/mol. The van der Waals surface area contributed by atoms with E-state index in [1.807, 2.05) is 6.92 Å². The van der Waals surface area contributed by atoms with Crippen molar-refractivity contribution < 1.29 is 4.84 Å². The maximum absolute atomic E-state index is 4.88. The zero-order valence-electron chi connectivity index (χ0n) is 13.2. The lowest BCUT2D eigenvalue weighted by Crippen LogP contribution is -2.24. The molecule has 1 aromatic carbocycles. The molecule has 0 spiro atoms. The van der Waals surface area contributed by atoms with Gasteiger partial charge in [-0.15, -0.1) is 0 Å². The Morgan fingerprint density at radius 2 is 1.68 bits per heavy atom. The van der Waals surface area contributed by atoms with Gasteiger partial charge in [0.25, 0.3) is 0 Å². The lowest BCUT2D eigenvalue weighted by molar-refractivity contribution is 0.208. The molecule has 2 heteroatoms. The van der Waals surface area contributed by atoms with Crippen molar-refractivity contribution in [1.82, 2.24) is 0 Å². The van der Waals surface area contributed by atoms with Crippen LogP contribution in [0.4, 0.5) is 0 Å². The smallest absolute Gasteiger partial charge is 0.106 e. The molecule has 0 amide bonds. The van der Waals surface area contributed by atoms with Gasteiger partial charge in [0.05, 0.1) is 5.71 Å². The Hall–Kier alpha value is -1.31. The highest BCUT2D eigenvalue weighted by Crippen LogP contribution is 2.24. The predicted molar refractivity (Wildman–Crippen MR) is 82.6 cm³/mol. The molecule has 2 nitrogen and oxygen atoms in total. The second-order valence-electron chi connectivity index (χ2n) is 6.33. The van der Waals surface area contributed by atoms with Crippen LogP contribution in [0.25, 0.3) is 0 Å². The van der Waals surface area contributed by atoms with Gasteiger partial charge in [0.1, 0.15) is 7.11 Å². The zero-order valence-corrected chi connectivity index (χ0v) is 13.2. The fourth-order valence-electron chi connectivity index (χ4n) is 2.16. The standard InChI is InChI=1S/C17H27NO/c1-13(2)11-15-7-9-16(10-8-15)12-17(4,5)14(3)18-19-6/h7-10,13H,11-12H2,1-6H3/b18-14+. The molecule has 106 valence electrons. The molecule has 0 N–H and O–H groups in total. The first-order chi connectivity index (χ1) is 8.85. The van der Waals surface area contributed by atoms with Crippen molar-refractivity contribution in [3.63, 3.8) is 0 Å². The van der Waals surface area contributed by atoms with Crippen molar-refractivity contribution in [2.24, 2.45) is 16.5 Å². The van der Waals surface area contributed by atoms with Crippen LogP contribution >= 0.6 is 0 Å². The van der Waals surface area contributed by atoms with E-state index in [0.717, 1.165) is 18.6 Å². The third kappa shape index (κ3) is 5.06. The van der Waals surface area contributed by atoms with Crippen LogP contribution in [-0.4, -0.2) is 12.8 Å². The highest BCUT2D eigenvalue weighted by atomic mass is 16.6. The molecule has 0 aliphatic heterocycles. The van der Waals surface area contributed by atoms with E-state index in [9.17, 15) is 0 Å². The number of hydrogen-bond donors (Lipinski definition) is 0. The third-order valence-corrected chi connectivity index (χ3v) is 3.52. The van der Waals surface area contributed by atoms with E-state index < -0.39 is 0 Å². The Bertz CT molecular complexity index is 415. The Morgan fingerprint density at radius 1 is 1.16 bits per heavy atom.